The number of carboxylic acids is 1. The van der Waals surface area contributed by atoms with Crippen LogP contribution < -0.4 is 0 Å². The molecule has 2 heterocycles. The van der Waals surface area contributed by atoms with Crippen LogP contribution in [0.4, 0.5) is 5.82 Å². The smallest absolute Gasteiger partial charge is 0.358 e. The maximum atomic E-state index is 11.0. The van der Waals surface area contributed by atoms with E-state index in [-0.39, 0.29) is 24.6 Å². The van der Waals surface area contributed by atoms with E-state index in [1.807, 2.05) is 0 Å². The van der Waals surface area contributed by atoms with Gasteiger partial charge in [0.2, 0.25) is 0 Å². The highest BCUT2D eigenvalue weighted by Gasteiger charge is 2.20. The Labute approximate surface area is 119 Å². The molecular weight excluding hydrogens is 280 g/mol. The van der Waals surface area contributed by atoms with Gasteiger partial charge < -0.3 is 15.2 Å². The van der Waals surface area contributed by atoms with Gasteiger partial charge in [-0.2, -0.15) is 0 Å². The van der Waals surface area contributed by atoms with E-state index in [0.717, 1.165) is 0 Å². The molecule has 0 saturated heterocycles. The van der Waals surface area contributed by atoms with Crippen molar-refractivity contribution < 1.29 is 14.8 Å². The molecule has 10 nitrogen and oxygen atoms in total. The third-order valence-corrected chi connectivity index (χ3v) is 3.13. The number of nitro groups is 1. The molecule has 2 aromatic rings. The van der Waals surface area contributed by atoms with Gasteiger partial charge in [0.1, 0.15) is 12.7 Å². The van der Waals surface area contributed by atoms with Gasteiger partial charge in [-0.05, 0) is 11.3 Å². The Morgan fingerprint density at radius 1 is 1.48 bits per heavy atom. The average Bonchev–Trinajstić information content (AvgIpc) is 2.99. The first kappa shape index (κ1) is 14.6. The molecule has 0 aliphatic rings. The van der Waals surface area contributed by atoms with Gasteiger partial charge in [0, 0.05) is 6.92 Å². The number of rotatable bonds is 6. The Kier molecular flexibility index (Phi) is 3.96. The van der Waals surface area contributed by atoms with Crippen molar-refractivity contribution in [1.29, 1.82) is 0 Å². The van der Waals surface area contributed by atoms with Crippen LogP contribution in [0.3, 0.4) is 0 Å². The van der Waals surface area contributed by atoms with E-state index in [1.54, 1.807) is 13.8 Å². The standard InChI is InChI=1S/C11H14N6O4/c1-3-8-10(11(18)19)13-14-16(8)5-4-15-7(2)12-6-9(15)17(20)21/h6H,3-5H2,1-2H3,(H,18,19). The summed E-state index contributed by atoms with van der Waals surface area (Å²) in [5.74, 6) is -0.731. The van der Waals surface area contributed by atoms with Crippen LogP contribution >= 0.6 is 0 Å². The van der Waals surface area contributed by atoms with Gasteiger partial charge in [-0.3, -0.25) is 0 Å². The molecule has 0 spiro atoms. The number of aromatic nitrogens is 5. The van der Waals surface area contributed by atoms with Crippen molar-refractivity contribution in [2.45, 2.75) is 33.4 Å². The molecule has 21 heavy (non-hydrogen) atoms. The number of hydrogen-bond donors (Lipinski definition) is 1. The second-order valence-corrected chi connectivity index (χ2v) is 4.34. The molecule has 0 aliphatic carbocycles. The zero-order valence-electron chi connectivity index (χ0n) is 11.6. The zero-order chi connectivity index (χ0) is 15.6. The molecule has 0 aliphatic heterocycles. The first-order valence-corrected chi connectivity index (χ1v) is 6.27. The predicted octanol–water partition coefficient (Wildman–Crippen LogP) is 0.652. The Hall–Kier alpha value is -2.78. The minimum absolute atomic E-state index is 0.0886. The molecule has 0 fully saturated rings. The number of carbonyl (C=O) groups is 1. The number of imidazole rings is 1. The molecule has 0 radical (unpaired) electrons. The molecule has 1 N–H and O–H groups in total. The highest BCUT2D eigenvalue weighted by molar-refractivity contribution is 5.86. The largest absolute Gasteiger partial charge is 0.476 e. The van der Waals surface area contributed by atoms with Gasteiger partial charge in [-0.15, -0.1) is 5.10 Å². The van der Waals surface area contributed by atoms with Crippen molar-refractivity contribution in [3.8, 4) is 0 Å². The first-order chi connectivity index (χ1) is 9.95. The third-order valence-electron chi connectivity index (χ3n) is 3.13. The number of aromatic carboxylic acids is 1. The van der Waals surface area contributed by atoms with Crippen LogP contribution in [-0.4, -0.2) is 40.5 Å². The minimum atomic E-state index is -1.14. The van der Waals surface area contributed by atoms with Gasteiger partial charge in [-0.1, -0.05) is 12.1 Å². The highest BCUT2D eigenvalue weighted by Crippen LogP contribution is 2.14. The van der Waals surface area contributed by atoms with E-state index in [2.05, 4.69) is 15.3 Å². The van der Waals surface area contributed by atoms with Crippen molar-refractivity contribution in [2.24, 2.45) is 0 Å². The van der Waals surface area contributed by atoms with E-state index in [0.29, 0.717) is 17.9 Å². The fourth-order valence-electron chi connectivity index (χ4n) is 2.10. The molecule has 0 bridgehead atoms. The molecule has 112 valence electrons. The molecule has 10 heteroatoms. The SMILES string of the molecule is CCc1c(C(=O)O)nnn1CCn1c([N+](=O)[O-])cnc1C. The second kappa shape index (κ2) is 5.69. The molecule has 0 unspecified atom stereocenters. The summed E-state index contributed by atoms with van der Waals surface area (Å²) in [6, 6.07) is 0. The fourth-order valence-corrected chi connectivity index (χ4v) is 2.10. The summed E-state index contributed by atoms with van der Waals surface area (Å²) in [5.41, 5.74) is 0.400. The quantitative estimate of drug-likeness (QED) is 0.611. The number of aryl methyl sites for hydroxylation is 2. The lowest BCUT2D eigenvalue weighted by Gasteiger charge is -2.05. The van der Waals surface area contributed by atoms with Gasteiger partial charge >= 0.3 is 11.8 Å². The summed E-state index contributed by atoms with van der Waals surface area (Å²) >= 11 is 0. The van der Waals surface area contributed by atoms with Crippen molar-refractivity contribution in [1.82, 2.24) is 24.5 Å². The van der Waals surface area contributed by atoms with Gasteiger partial charge in [-0.25, -0.2) is 19.0 Å². The number of carboxylic acid groups (broad SMARTS) is 1. The predicted molar refractivity (Wildman–Crippen MR) is 70.0 cm³/mol. The molecule has 0 aromatic carbocycles. The minimum Gasteiger partial charge on any atom is -0.476 e. The lowest BCUT2D eigenvalue weighted by atomic mass is 10.2. The van der Waals surface area contributed by atoms with Gasteiger partial charge in [0.05, 0.1) is 12.2 Å². The summed E-state index contributed by atoms with van der Waals surface area (Å²) < 4.78 is 2.90. The molecule has 2 rings (SSSR count). The van der Waals surface area contributed by atoms with Crippen LogP contribution in [0.25, 0.3) is 0 Å². The van der Waals surface area contributed by atoms with Gasteiger partial charge in [0.25, 0.3) is 0 Å². The molecule has 0 amide bonds. The monoisotopic (exact) mass is 294 g/mol. The third kappa shape index (κ3) is 2.73. The molecular formula is C11H14N6O4. The van der Waals surface area contributed by atoms with E-state index in [4.69, 9.17) is 5.11 Å². The summed E-state index contributed by atoms with van der Waals surface area (Å²) in [7, 11) is 0. The van der Waals surface area contributed by atoms with E-state index in [1.165, 1.54) is 15.4 Å². The van der Waals surface area contributed by atoms with Crippen LogP contribution in [-0.2, 0) is 19.5 Å². The summed E-state index contributed by atoms with van der Waals surface area (Å²) in [5, 5.41) is 27.3. The summed E-state index contributed by atoms with van der Waals surface area (Å²) in [4.78, 5) is 25.3. The number of hydrogen-bond acceptors (Lipinski definition) is 6. The highest BCUT2D eigenvalue weighted by atomic mass is 16.6. The Balaban J connectivity index is 2.23. The Bertz CT molecular complexity index is 689. The van der Waals surface area contributed by atoms with Crippen molar-refractivity contribution in [3.05, 3.63) is 33.5 Å². The van der Waals surface area contributed by atoms with Crippen molar-refractivity contribution in [3.63, 3.8) is 0 Å². The van der Waals surface area contributed by atoms with Gasteiger partial charge in [0.15, 0.2) is 11.5 Å². The fraction of sp³-hybridized carbons (Fsp3) is 0.455. The van der Waals surface area contributed by atoms with Crippen LogP contribution in [0.15, 0.2) is 6.20 Å². The maximum Gasteiger partial charge on any atom is 0.358 e. The van der Waals surface area contributed by atoms with Crippen LogP contribution in [0.2, 0.25) is 0 Å². The van der Waals surface area contributed by atoms with E-state index >= 15 is 0 Å². The van der Waals surface area contributed by atoms with E-state index < -0.39 is 10.9 Å². The van der Waals surface area contributed by atoms with Crippen LogP contribution in [0, 0.1) is 17.0 Å². The molecule has 0 atom stereocenters. The average molecular weight is 294 g/mol. The van der Waals surface area contributed by atoms with E-state index in [9.17, 15) is 14.9 Å². The lowest BCUT2D eigenvalue weighted by molar-refractivity contribution is -0.392. The first-order valence-electron chi connectivity index (χ1n) is 6.27. The molecule has 2 aromatic heterocycles. The molecule has 0 saturated carbocycles. The summed E-state index contributed by atoms with van der Waals surface area (Å²) in [6.45, 7) is 4.00. The topological polar surface area (TPSA) is 129 Å². The lowest BCUT2D eigenvalue weighted by Crippen LogP contribution is -2.14. The maximum absolute atomic E-state index is 11.0. The van der Waals surface area contributed by atoms with Crippen molar-refractivity contribution >= 4 is 11.8 Å². The van der Waals surface area contributed by atoms with Crippen molar-refractivity contribution in [2.75, 3.05) is 0 Å². The Morgan fingerprint density at radius 2 is 2.19 bits per heavy atom. The Morgan fingerprint density at radius 3 is 2.76 bits per heavy atom. The number of nitrogens with zero attached hydrogens (tertiary/aromatic N) is 6. The summed E-state index contributed by atoms with van der Waals surface area (Å²) in [6.07, 6.45) is 1.65. The second-order valence-electron chi connectivity index (χ2n) is 4.34. The van der Waals surface area contributed by atoms with Crippen LogP contribution in [0.1, 0.15) is 28.9 Å². The zero-order valence-corrected chi connectivity index (χ0v) is 11.6. The normalized spacial score (nSPS) is 10.8. The van der Waals surface area contributed by atoms with Crippen LogP contribution in [0.5, 0.6) is 0 Å².